The van der Waals surface area contributed by atoms with E-state index in [4.69, 9.17) is 18.9 Å². The van der Waals surface area contributed by atoms with Gasteiger partial charge in [-0.15, -0.1) is 11.3 Å². The molecule has 0 radical (unpaired) electrons. The Morgan fingerprint density at radius 3 is 2.56 bits per heavy atom. The van der Waals surface area contributed by atoms with E-state index in [0.717, 1.165) is 28.3 Å². The third-order valence-corrected chi connectivity index (χ3v) is 6.52. The molecule has 1 unspecified atom stereocenters. The molecule has 1 aliphatic rings. The van der Waals surface area contributed by atoms with Crippen molar-refractivity contribution in [1.82, 2.24) is 10.3 Å². The summed E-state index contributed by atoms with van der Waals surface area (Å²) in [5.41, 5.74) is 2.54. The molecule has 7 nitrogen and oxygen atoms in total. The minimum absolute atomic E-state index is 0.145. The predicted octanol–water partition coefficient (Wildman–Crippen LogP) is 4.79. The topological polar surface area (TPSA) is 78.9 Å². The zero-order valence-electron chi connectivity index (χ0n) is 18.6. The molecule has 2 heterocycles. The SMILES string of the molecule is CCC(NC(=O)c1sc(-c2ccc(OC)c(OC)c2)nc1C)c1ccc2c(c1)OCCO2. The Bertz CT molecular complexity index is 1130. The van der Waals surface area contributed by atoms with Gasteiger partial charge in [0.25, 0.3) is 5.91 Å². The Hall–Kier alpha value is -3.26. The lowest BCUT2D eigenvalue weighted by molar-refractivity contribution is 0.0938. The quantitative estimate of drug-likeness (QED) is 0.553. The highest BCUT2D eigenvalue weighted by Gasteiger charge is 2.22. The van der Waals surface area contributed by atoms with Crippen LogP contribution < -0.4 is 24.3 Å². The van der Waals surface area contributed by atoms with Gasteiger partial charge in [0.2, 0.25) is 0 Å². The largest absolute Gasteiger partial charge is 0.493 e. The molecule has 1 N–H and O–H groups in total. The Kier molecular flexibility index (Phi) is 6.50. The number of carbonyl (C=O) groups is 1. The molecule has 0 saturated heterocycles. The highest BCUT2D eigenvalue weighted by atomic mass is 32.1. The van der Waals surface area contributed by atoms with Gasteiger partial charge in [0.05, 0.1) is 26.0 Å². The zero-order chi connectivity index (χ0) is 22.7. The number of hydrogen-bond donors (Lipinski definition) is 1. The highest BCUT2D eigenvalue weighted by Crippen LogP contribution is 2.36. The van der Waals surface area contributed by atoms with E-state index in [2.05, 4.69) is 10.3 Å². The molecule has 4 rings (SSSR count). The van der Waals surface area contributed by atoms with Crippen molar-refractivity contribution in [2.75, 3.05) is 27.4 Å². The van der Waals surface area contributed by atoms with E-state index in [1.54, 1.807) is 14.2 Å². The van der Waals surface area contributed by atoms with Crippen LogP contribution in [0.1, 0.15) is 40.3 Å². The molecule has 0 bridgehead atoms. The zero-order valence-corrected chi connectivity index (χ0v) is 19.4. The van der Waals surface area contributed by atoms with Gasteiger partial charge in [-0.2, -0.15) is 0 Å². The number of carbonyl (C=O) groups excluding carboxylic acids is 1. The van der Waals surface area contributed by atoms with Crippen LogP contribution >= 0.6 is 11.3 Å². The van der Waals surface area contributed by atoms with Crippen LogP contribution in [0.2, 0.25) is 0 Å². The second kappa shape index (κ2) is 9.48. The predicted molar refractivity (Wildman–Crippen MR) is 123 cm³/mol. The summed E-state index contributed by atoms with van der Waals surface area (Å²) < 4.78 is 22.0. The summed E-state index contributed by atoms with van der Waals surface area (Å²) in [5, 5.41) is 3.89. The van der Waals surface area contributed by atoms with Gasteiger partial charge in [-0.3, -0.25) is 4.79 Å². The van der Waals surface area contributed by atoms with Crippen LogP contribution in [0, 0.1) is 6.92 Å². The molecule has 1 atom stereocenters. The number of ether oxygens (including phenoxy) is 4. The van der Waals surface area contributed by atoms with E-state index in [-0.39, 0.29) is 11.9 Å². The molecule has 1 aliphatic heterocycles. The number of aromatic nitrogens is 1. The molecule has 0 fully saturated rings. The maximum Gasteiger partial charge on any atom is 0.263 e. The number of aryl methyl sites for hydroxylation is 1. The van der Waals surface area contributed by atoms with Gasteiger partial charge < -0.3 is 24.3 Å². The summed E-state index contributed by atoms with van der Waals surface area (Å²) in [6, 6.07) is 11.3. The summed E-state index contributed by atoms with van der Waals surface area (Å²) in [5.74, 6) is 2.57. The molecule has 1 amide bonds. The Morgan fingerprint density at radius 1 is 1.09 bits per heavy atom. The van der Waals surface area contributed by atoms with Gasteiger partial charge in [0, 0.05) is 5.56 Å². The van der Waals surface area contributed by atoms with Crippen molar-refractivity contribution >= 4 is 17.2 Å². The van der Waals surface area contributed by atoms with Crippen molar-refractivity contribution in [3.05, 3.63) is 52.5 Å². The summed E-state index contributed by atoms with van der Waals surface area (Å²) in [4.78, 5) is 18.3. The number of hydrogen-bond acceptors (Lipinski definition) is 7. The van der Waals surface area contributed by atoms with E-state index >= 15 is 0 Å². The minimum atomic E-state index is -0.149. The number of methoxy groups -OCH3 is 2. The lowest BCUT2D eigenvalue weighted by Gasteiger charge is -2.22. The molecule has 0 aliphatic carbocycles. The molecular formula is C24H26N2O5S. The van der Waals surface area contributed by atoms with E-state index in [1.807, 2.05) is 50.2 Å². The van der Waals surface area contributed by atoms with Crippen molar-refractivity contribution in [3.8, 4) is 33.6 Å². The van der Waals surface area contributed by atoms with Crippen molar-refractivity contribution in [2.45, 2.75) is 26.3 Å². The van der Waals surface area contributed by atoms with Gasteiger partial charge in [-0.1, -0.05) is 13.0 Å². The average Bonchev–Trinajstić information content (AvgIpc) is 3.23. The first-order valence-electron chi connectivity index (χ1n) is 10.4. The van der Waals surface area contributed by atoms with Crippen LogP contribution in [0.5, 0.6) is 23.0 Å². The van der Waals surface area contributed by atoms with Gasteiger partial charge in [0.1, 0.15) is 23.1 Å². The van der Waals surface area contributed by atoms with Crippen molar-refractivity contribution in [2.24, 2.45) is 0 Å². The van der Waals surface area contributed by atoms with Crippen LogP contribution in [0.3, 0.4) is 0 Å². The normalized spacial score (nSPS) is 13.4. The molecular weight excluding hydrogens is 428 g/mol. The van der Waals surface area contributed by atoms with Crippen LogP contribution in [-0.4, -0.2) is 38.3 Å². The van der Waals surface area contributed by atoms with Gasteiger partial charge >= 0.3 is 0 Å². The number of thiazole rings is 1. The molecule has 3 aromatic rings. The smallest absolute Gasteiger partial charge is 0.263 e. The maximum absolute atomic E-state index is 13.1. The fraction of sp³-hybridized carbons (Fsp3) is 0.333. The van der Waals surface area contributed by atoms with Gasteiger partial charge in [0.15, 0.2) is 23.0 Å². The molecule has 0 saturated carbocycles. The fourth-order valence-electron chi connectivity index (χ4n) is 3.62. The maximum atomic E-state index is 13.1. The van der Waals surface area contributed by atoms with E-state index in [9.17, 15) is 4.79 Å². The van der Waals surface area contributed by atoms with Crippen LogP contribution in [0.15, 0.2) is 36.4 Å². The average molecular weight is 455 g/mol. The number of nitrogens with one attached hydrogen (secondary N) is 1. The molecule has 1 aromatic heterocycles. The van der Waals surface area contributed by atoms with Crippen LogP contribution in [-0.2, 0) is 0 Å². The first-order valence-corrected chi connectivity index (χ1v) is 11.3. The minimum Gasteiger partial charge on any atom is -0.493 e. The highest BCUT2D eigenvalue weighted by molar-refractivity contribution is 7.17. The number of amides is 1. The Morgan fingerprint density at radius 2 is 1.84 bits per heavy atom. The Balaban J connectivity index is 1.55. The van der Waals surface area contributed by atoms with Gasteiger partial charge in [-0.25, -0.2) is 4.98 Å². The fourth-order valence-corrected chi connectivity index (χ4v) is 4.59. The third kappa shape index (κ3) is 4.36. The third-order valence-electron chi connectivity index (χ3n) is 5.32. The lowest BCUT2D eigenvalue weighted by Crippen LogP contribution is -2.28. The van der Waals surface area contributed by atoms with Crippen molar-refractivity contribution < 1.29 is 23.7 Å². The van der Waals surface area contributed by atoms with E-state index in [0.29, 0.717) is 41.0 Å². The molecule has 8 heteroatoms. The molecule has 0 spiro atoms. The molecule has 168 valence electrons. The van der Waals surface area contributed by atoms with Gasteiger partial charge in [-0.05, 0) is 49.2 Å². The van der Waals surface area contributed by atoms with Crippen molar-refractivity contribution in [1.29, 1.82) is 0 Å². The monoisotopic (exact) mass is 454 g/mol. The number of rotatable bonds is 7. The number of nitrogens with zero attached hydrogens (tertiary/aromatic N) is 1. The Labute approximate surface area is 191 Å². The standard InChI is InChI=1S/C24H26N2O5S/c1-5-17(15-6-9-19-21(12-15)31-11-10-30-19)26-23(27)22-14(2)25-24(32-22)16-7-8-18(28-3)20(13-16)29-4/h6-9,12-13,17H,5,10-11H2,1-4H3,(H,26,27). The van der Waals surface area contributed by atoms with Crippen LogP contribution in [0.4, 0.5) is 0 Å². The number of fused-ring (bicyclic) bond motifs is 1. The van der Waals surface area contributed by atoms with Crippen molar-refractivity contribution in [3.63, 3.8) is 0 Å². The molecule has 32 heavy (non-hydrogen) atoms. The lowest BCUT2D eigenvalue weighted by atomic mass is 10.0. The first-order chi connectivity index (χ1) is 15.5. The van der Waals surface area contributed by atoms with E-state index in [1.165, 1.54) is 11.3 Å². The summed E-state index contributed by atoms with van der Waals surface area (Å²) >= 11 is 1.36. The summed E-state index contributed by atoms with van der Waals surface area (Å²) in [7, 11) is 3.19. The summed E-state index contributed by atoms with van der Waals surface area (Å²) in [6.07, 6.45) is 0.742. The number of benzene rings is 2. The molecule has 2 aromatic carbocycles. The first kappa shape index (κ1) is 22.0. The van der Waals surface area contributed by atoms with Crippen LogP contribution in [0.25, 0.3) is 10.6 Å². The summed E-state index contributed by atoms with van der Waals surface area (Å²) in [6.45, 7) is 4.96. The second-order valence-electron chi connectivity index (χ2n) is 7.34. The second-order valence-corrected chi connectivity index (χ2v) is 8.34. The van der Waals surface area contributed by atoms with E-state index < -0.39 is 0 Å².